The largest absolute Gasteiger partial charge is 0.489 e. The van der Waals surface area contributed by atoms with Crippen LogP contribution >= 0.6 is 35.0 Å². The van der Waals surface area contributed by atoms with E-state index in [2.05, 4.69) is 0 Å². The second-order valence-corrected chi connectivity index (χ2v) is 8.68. The van der Waals surface area contributed by atoms with E-state index in [1.54, 1.807) is 24.3 Å². The van der Waals surface area contributed by atoms with Crippen LogP contribution in [0.2, 0.25) is 10.0 Å². The van der Waals surface area contributed by atoms with E-state index in [1.807, 2.05) is 54.6 Å². The molecule has 0 spiro atoms. The molecule has 0 unspecified atom stereocenters. The molecule has 0 saturated carbocycles. The number of ether oxygens (including phenoxy) is 1. The van der Waals surface area contributed by atoms with Crippen LogP contribution in [0.25, 0.3) is 6.08 Å². The summed E-state index contributed by atoms with van der Waals surface area (Å²) in [6.45, 7) is 0.554. The maximum absolute atomic E-state index is 12.7. The molecule has 1 saturated heterocycles. The minimum absolute atomic E-state index is 0.192. The lowest BCUT2D eigenvalue weighted by Gasteiger charge is -2.12. The van der Waals surface area contributed by atoms with Crippen LogP contribution in [-0.2, 0) is 17.9 Å². The smallest absolute Gasteiger partial charge is 0.293 e. The van der Waals surface area contributed by atoms with Crippen LogP contribution in [0.3, 0.4) is 0 Å². The van der Waals surface area contributed by atoms with Gasteiger partial charge in [0.15, 0.2) is 0 Å². The average Bonchev–Trinajstić information content (AvgIpc) is 3.02. The lowest BCUT2D eigenvalue weighted by Crippen LogP contribution is -2.27. The number of amides is 2. The van der Waals surface area contributed by atoms with Gasteiger partial charge in [0.1, 0.15) is 12.4 Å². The van der Waals surface area contributed by atoms with Crippen LogP contribution in [0.4, 0.5) is 4.79 Å². The quantitative estimate of drug-likeness (QED) is 0.372. The number of carbonyl (C=O) groups is 2. The number of thioether (sulfide) groups is 1. The minimum atomic E-state index is -0.311. The zero-order chi connectivity index (χ0) is 21.8. The van der Waals surface area contributed by atoms with Gasteiger partial charge in [-0.2, -0.15) is 0 Å². The topological polar surface area (TPSA) is 46.6 Å². The van der Waals surface area contributed by atoms with Crippen LogP contribution in [0.1, 0.15) is 16.7 Å². The van der Waals surface area contributed by atoms with E-state index in [4.69, 9.17) is 27.9 Å². The van der Waals surface area contributed by atoms with Crippen molar-refractivity contribution in [2.45, 2.75) is 13.2 Å². The molecule has 3 aromatic rings. The van der Waals surface area contributed by atoms with Gasteiger partial charge in [-0.15, -0.1) is 0 Å². The second kappa shape index (κ2) is 9.60. The van der Waals surface area contributed by atoms with E-state index < -0.39 is 0 Å². The molecule has 156 valence electrons. The number of benzene rings is 3. The first-order valence-electron chi connectivity index (χ1n) is 9.46. The summed E-state index contributed by atoms with van der Waals surface area (Å²) < 4.78 is 5.78. The molecule has 1 heterocycles. The van der Waals surface area contributed by atoms with Crippen molar-refractivity contribution in [3.8, 4) is 5.75 Å². The summed E-state index contributed by atoms with van der Waals surface area (Å²) in [7, 11) is 0. The molecule has 7 heteroatoms. The first-order chi connectivity index (χ1) is 15.0. The lowest BCUT2D eigenvalue weighted by molar-refractivity contribution is -0.123. The molecule has 0 aromatic heterocycles. The number of hydrogen-bond acceptors (Lipinski definition) is 4. The van der Waals surface area contributed by atoms with E-state index in [0.717, 1.165) is 28.5 Å². The van der Waals surface area contributed by atoms with Crippen LogP contribution < -0.4 is 4.74 Å². The van der Waals surface area contributed by atoms with E-state index >= 15 is 0 Å². The molecule has 1 fully saturated rings. The Morgan fingerprint density at radius 1 is 0.935 bits per heavy atom. The second-order valence-electron chi connectivity index (χ2n) is 6.85. The molecule has 31 heavy (non-hydrogen) atoms. The highest BCUT2D eigenvalue weighted by Gasteiger charge is 2.34. The van der Waals surface area contributed by atoms with E-state index in [9.17, 15) is 9.59 Å². The highest BCUT2D eigenvalue weighted by Crippen LogP contribution is 2.33. The number of imide groups is 1. The van der Waals surface area contributed by atoms with Crippen LogP contribution in [-0.4, -0.2) is 16.0 Å². The summed E-state index contributed by atoms with van der Waals surface area (Å²) in [6.07, 6.45) is 1.71. The molecule has 0 bridgehead atoms. The number of halogens is 2. The third-order valence-corrected chi connectivity index (χ3v) is 6.14. The van der Waals surface area contributed by atoms with Gasteiger partial charge in [-0.25, -0.2) is 0 Å². The summed E-state index contributed by atoms with van der Waals surface area (Å²) in [4.78, 5) is 26.7. The van der Waals surface area contributed by atoms with Crippen molar-refractivity contribution < 1.29 is 14.3 Å². The molecule has 2 amide bonds. The third-order valence-electron chi connectivity index (χ3n) is 4.63. The molecular weight excluding hydrogens is 453 g/mol. The zero-order valence-electron chi connectivity index (χ0n) is 16.3. The van der Waals surface area contributed by atoms with Gasteiger partial charge in [-0.3, -0.25) is 14.5 Å². The predicted octanol–water partition coefficient (Wildman–Crippen LogP) is 6.81. The Balaban J connectivity index is 1.42. The monoisotopic (exact) mass is 469 g/mol. The van der Waals surface area contributed by atoms with Crippen molar-refractivity contribution in [1.29, 1.82) is 0 Å². The van der Waals surface area contributed by atoms with Gasteiger partial charge in [0.25, 0.3) is 11.1 Å². The molecule has 0 aliphatic carbocycles. The standard InChI is InChI=1S/C24H17Cl2NO3S/c25-19-6-3-4-17(12-19)14-27-23(28)22(31-24(27)29)13-16-8-10-20(11-9-16)30-15-18-5-1-2-7-21(18)26/h1-13H,14-15H2/b22-13-. The van der Waals surface area contributed by atoms with E-state index in [-0.39, 0.29) is 17.7 Å². The molecule has 4 rings (SSSR count). The van der Waals surface area contributed by atoms with Crippen LogP contribution in [0, 0.1) is 0 Å². The van der Waals surface area contributed by atoms with Gasteiger partial charge >= 0.3 is 0 Å². The molecule has 3 aromatic carbocycles. The van der Waals surface area contributed by atoms with Crippen LogP contribution in [0.15, 0.2) is 77.7 Å². The number of hydrogen-bond donors (Lipinski definition) is 0. The fourth-order valence-corrected chi connectivity index (χ4v) is 4.28. The lowest BCUT2D eigenvalue weighted by atomic mass is 10.2. The van der Waals surface area contributed by atoms with Gasteiger partial charge in [0.2, 0.25) is 0 Å². The molecule has 1 aliphatic heterocycles. The normalized spacial score (nSPS) is 15.0. The average molecular weight is 470 g/mol. The van der Waals surface area contributed by atoms with Crippen molar-refractivity contribution in [2.24, 2.45) is 0 Å². The summed E-state index contributed by atoms with van der Waals surface area (Å²) in [5, 5.41) is 0.931. The number of nitrogens with zero attached hydrogens (tertiary/aromatic N) is 1. The van der Waals surface area contributed by atoms with Gasteiger partial charge in [-0.1, -0.05) is 65.7 Å². The van der Waals surface area contributed by atoms with Crippen molar-refractivity contribution in [3.05, 3.63) is 104 Å². The maximum Gasteiger partial charge on any atom is 0.293 e. The summed E-state index contributed by atoms with van der Waals surface area (Å²) in [6, 6.07) is 22.0. The Morgan fingerprint density at radius 2 is 1.71 bits per heavy atom. The predicted molar refractivity (Wildman–Crippen MR) is 125 cm³/mol. The molecule has 4 nitrogen and oxygen atoms in total. The molecule has 0 radical (unpaired) electrons. The number of carbonyl (C=O) groups excluding carboxylic acids is 2. The van der Waals surface area contributed by atoms with Crippen molar-refractivity contribution in [3.63, 3.8) is 0 Å². The van der Waals surface area contributed by atoms with Crippen molar-refractivity contribution in [1.82, 2.24) is 4.90 Å². The summed E-state index contributed by atoms with van der Waals surface area (Å²) in [5.41, 5.74) is 2.51. The zero-order valence-corrected chi connectivity index (χ0v) is 18.6. The van der Waals surface area contributed by atoms with Gasteiger partial charge < -0.3 is 4.74 Å². The third kappa shape index (κ3) is 5.31. The number of rotatable bonds is 6. The maximum atomic E-state index is 12.7. The SMILES string of the molecule is O=C1S/C(=C\c2ccc(OCc3ccccc3Cl)cc2)C(=O)N1Cc1cccc(Cl)c1. The highest BCUT2D eigenvalue weighted by molar-refractivity contribution is 8.18. The fraction of sp³-hybridized carbons (Fsp3) is 0.0833. The van der Waals surface area contributed by atoms with E-state index in [0.29, 0.717) is 27.3 Å². The van der Waals surface area contributed by atoms with Gasteiger partial charge in [0, 0.05) is 15.6 Å². The molecule has 0 N–H and O–H groups in total. The molecular formula is C24H17Cl2NO3S. The van der Waals surface area contributed by atoms with Gasteiger partial charge in [0.05, 0.1) is 11.4 Å². The Kier molecular flexibility index (Phi) is 6.66. The summed E-state index contributed by atoms with van der Waals surface area (Å²) in [5.74, 6) is 0.375. The van der Waals surface area contributed by atoms with Crippen molar-refractivity contribution in [2.75, 3.05) is 0 Å². The first-order valence-corrected chi connectivity index (χ1v) is 11.0. The molecule has 0 atom stereocenters. The highest BCUT2D eigenvalue weighted by atomic mass is 35.5. The van der Waals surface area contributed by atoms with Gasteiger partial charge in [-0.05, 0) is 59.3 Å². The Hall–Kier alpha value is -2.73. The van der Waals surface area contributed by atoms with E-state index in [1.165, 1.54) is 4.90 Å². The molecule has 1 aliphatic rings. The minimum Gasteiger partial charge on any atom is -0.489 e. The van der Waals surface area contributed by atoms with Crippen LogP contribution in [0.5, 0.6) is 5.75 Å². The Labute approximate surface area is 194 Å². The Morgan fingerprint density at radius 3 is 2.45 bits per heavy atom. The first kappa shape index (κ1) is 21.5. The fourth-order valence-electron chi connectivity index (χ4n) is 3.04. The van der Waals surface area contributed by atoms with Crippen molar-refractivity contribution >= 4 is 52.2 Å². The Bertz CT molecular complexity index is 1160. The summed E-state index contributed by atoms with van der Waals surface area (Å²) >= 11 is 13.1.